The van der Waals surface area contributed by atoms with Crippen molar-refractivity contribution >= 4 is 22.5 Å². The number of hydrogen-bond donors (Lipinski definition) is 3. The van der Waals surface area contributed by atoms with Crippen molar-refractivity contribution in [1.29, 1.82) is 0 Å². The van der Waals surface area contributed by atoms with E-state index >= 15 is 0 Å². The van der Waals surface area contributed by atoms with Crippen LogP contribution < -0.4 is 15.1 Å². The van der Waals surface area contributed by atoms with Crippen molar-refractivity contribution in [3.05, 3.63) is 120 Å². The molecular formula is C35H43N7O. The van der Waals surface area contributed by atoms with Gasteiger partial charge in [-0.25, -0.2) is 9.97 Å². The highest BCUT2D eigenvalue weighted by Gasteiger charge is 2.13. The molecule has 0 aliphatic heterocycles. The van der Waals surface area contributed by atoms with Gasteiger partial charge < -0.3 is 25.2 Å². The number of benzene rings is 2. The highest BCUT2D eigenvalue weighted by molar-refractivity contribution is 5.83. The van der Waals surface area contributed by atoms with Gasteiger partial charge in [0.2, 0.25) is 0 Å². The van der Waals surface area contributed by atoms with Gasteiger partial charge in [0, 0.05) is 88.9 Å². The minimum absolute atomic E-state index is 0.0124. The van der Waals surface area contributed by atoms with E-state index in [2.05, 4.69) is 97.7 Å². The maximum Gasteiger partial charge on any atom is 0.128 e. The summed E-state index contributed by atoms with van der Waals surface area (Å²) in [6, 6.07) is 29.2. The molecular weight excluding hydrogens is 534 g/mol. The predicted octanol–water partition coefficient (Wildman–Crippen LogP) is 4.73. The van der Waals surface area contributed by atoms with Gasteiger partial charge in [0.1, 0.15) is 11.6 Å². The smallest absolute Gasteiger partial charge is 0.128 e. The summed E-state index contributed by atoms with van der Waals surface area (Å²) in [6.07, 6.45) is 6.50. The van der Waals surface area contributed by atoms with Crippen LogP contribution in [0.5, 0.6) is 0 Å². The van der Waals surface area contributed by atoms with Crippen LogP contribution in [-0.4, -0.2) is 77.9 Å². The first kappa shape index (κ1) is 30.2. The largest absolute Gasteiger partial charge is 0.395 e. The average molecular weight is 578 g/mol. The molecule has 8 nitrogen and oxygen atoms in total. The summed E-state index contributed by atoms with van der Waals surface area (Å²) in [5.41, 5.74) is 4.84. The third-order valence-electron chi connectivity index (χ3n) is 7.97. The van der Waals surface area contributed by atoms with Gasteiger partial charge in [-0.3, -0.25) is 4.90 Å². The van der Waals surface area contributed by atoms with E-state index in [-0.39, 0.29) is 12.6 Å². The third-order valence-corrected chi connectivity index (χ3v) is 7.97. The molecule has 43 heavy (non-hydrogen) atoms. The molecule has 3 N–H and O–H groups in total. The number of hydrogen-bond acceptors (Lipinski definition) is 7. The van der Waals surface area contributed by atoms with Crippen LogP contribution in [0.2, 0.25) is 0 Å². The summed E-state index contributed by atoms with van der Waals surface area (Å²) < 4.78 is 0. The SMILES string of the molecule is CN(CCN(CCN(C)c1ccccn1)Cc1ccc(CN[C@@H](CO)Cc2c[nH]c3ccccc23)cc1)c1ccccn1. The quantitative estimate of drug-likeness (QED) is 0.156. The molecule has 0 bridgehead atoms. The summed E-state index contributed by atoms with van der Waals surface area (Å²) in [5.74, 6) is 1.96. The van der Waals surface area contributed by atoms with Crippen molar-refractivity contribution in [2.45, 2.75) is 25.6 Å². The van der Waals surface area contributed by atoms with Gasteiger partial charge in [0.25, 0.3) is 0 Å². The van der Waals surface area contributed by atoms with Crippen molar-refractivity contribution in [3.63, 3.8) is 0 Å². The van der Waals surface area contributed by atoms with E-state index in [1.165, 1.54) is 22.1 Å². The second kappa shape index (κ2) is 15.3. The molecule has 0 fully saturated rings. The molecule has 0 radical (unpaired) electrons. The predicted molar refractivity (Wildman–Crippen MR) is 176 cm³/mol. The van der Waals surface area contributed by atoms with E-state index in [9.17, 15) is 5.11 Å². The zero-order valence-corrected chi connectivity index (χ0v) is 25.2. The lowest BCUT2D eigenvalue weighted by Gasteiger charge is -2.28. The molecule has 0 amide bonds. The number of aromatic nitrogens is 3. The Bertz CT molecular complexity index is 1460. The van der Waals surface area contributed by atoms with Crippen LogP contribution in [0, 0.1) is 0 Å². The summed E-state index contributed by atoms with van der Waals surface area (Å²) >= 11 is 0. The van der Waals surface area contributed by atoms with Gasteiger partial charge in [-0.15, -0.1) is 0 Å². The van der Waals surface area contributed by atoms with Crippen molar-refractivity contribution in [3.8, 4) is 0 Å². The number of aromatic amines is 1. The van der Waals surface area contributed by atoms with Crippen LogP contribution in [0.15, 0.2) is 104 Å². The van der Waals surface area contributed by atoms with E-state index in [4.69, 9.17) is 0 Å². The van der Waals surface area contributed by atoms with Crippen LogP contribution >= 0.6 is 0 Å². The number of anilines is 2. The minimum atomic E-state index is -0.0124. The topological polar surface area (TPSA) is 83.5 Å². The van der Waals surface area contributed by atoms with Crippen molar-refractivity contribution in [2.75, 3.05) is 56.7 Å². The Hall–Kier alpha value is -4.24. The number of para-hydroxylation sites is 1. The lowest BCUT2D eigenvalue weighted by atomic mass is 10.0. The third kappa shape index (κ3) is 8.64. The minimum Gasteiger partial charge on any atom is -0.395 e. The van der Waals surface area contributed by atoms with E-state index in [0.29, 0.717) is 6.54 Å². The van der Waals surface area contributed by atoms with Crippen molar-refractivity contribution < 1.29 is 5.11 Å². The number of nitrogens with one attached hydrogen (secondary N) is 2. The number of aliphatic hydroxyl groups excluding tert-OH is 1. The van der Waals surface area contributed by atoms with E-state index in [0.717, 1.165) is 56.3 Å². The molecule has 3 aromatic heterocycles. The summed E-state index contributed by atoms with van der Waals surface area (Å²) in [4.78, 5) is 19.2. The highest BCUT2D eigenvalue weighted by atomic mass is 16.3. The fourth-order valence-corrected chi connectivity index (χ4v) is 5.29. The van der Waals surface area contributed by atoms with E-state index in [1.807, 2.05) is 54.9 Å². The molecule has 3 heterocycles. The molecule has 5 aromatic rings. The first-order valence-corrected chi connectivity index (χ1v) is 15.0. The Morgan fingerprint density at radius 1 is 0.744 bits per heavy atom. The molecule has 0 saturated carbocycles. The number of nitrogens with zero attached hydrogens (tertiary/aromatic N) is 5. The normalized spacial score (nSPS) is 12.1. The Morgan fingerprint density at radius 2 is 1.35 bits per heavy atom. The number of rotatable bonds is 16. The van der Waals surface area contributed by atoms with Crippen molar-refractivity contribution in [2.24, 2.45) is 0 Å². The molecule has 1 atom stereocenters. The Kier molecular flexibility index (Phi) is 10.8. The van der Waals surface area contributed by atoms with Gasteiger partial charge in [-0.05, 0) is 53.4 Å². The van der Waals surface area contributed by atoms with E-state index in [1.54, 1.807) is 0 Å². The van der Waals surface area contributed by atoms with Crippen LogP contribution in [0.1, 0.15) is 16.7 Å². The van der Waals surface area contributed by atoms with Gasteiger partial charge in [-0.2, -0.15) is 0 Å². The molecule has 0 saturated heterocycles. The van der Waals surface area contributed by atoms with Gasteiger partial charge in [-0.1, -0.05) is 54.6 Å². The Morgan fingerprint density at radius 3 is 1.95 bits per heavy atom. The van der Waals surface area contributed by atoms with Gasteiger partial charge in [0.15, 0.2) is 0 Å². The number of H-pyrrole nitrogens is 1. The van der Waals surface area contributed by atoms with Crippen LogP contribution in [-0.2, 0) is 19.5 Å². The Labute approximate surface area is 255 Å². The number of aliphatic hydroxyl groups is 1. The molecule has 5 rings (SSSR count). The first-order chi connectivity index (χ1) is 21.1. The lowest BCUT2D eigenvalue weighted by Crippen LogP contribution is -2.38. The second-order valence-corrected chi connectivity index (χ2v) is 11.1. The monoisotopic (exact) mass is 577 g/mol. The average Bonchev–Trinajstić information content (AvgIpc) is 3.48. The fraction of sp³-hybridized carbons (Fsp3) is 0.314. The number of likely N-dealkylation sites (N-methyl/N-ethyl adjacent to an activating group) is 2. The van der Waals surface area contributed by atoms with E-state index < -0.39 is 0 Å². The molecule has 0 aliphatic carbocycles. The second-order valence-electron chi connectivity index (χ2n) is 11.1. The summed E-state index contributed by atoms with van der Waals surface area (Å²) in [6.45, 7) is 5.25. The fourth-order valence-electron chi connectivity index (χ4n) is 5.29. The molecule has 8 heteroatoms. The molecule has 0 aliphatic rings. The van der Waals surface area contributed by atoms with Gasteiger partial charge in [0.05, 0.1) is 6.61 Å². The maximum absolute atomic E-state index is 10.0. The van der Waals surface area contributed by atoms with Crippen LogP contribution in [0.4, 0.5) is 11.6 Å². The highest BCUT2D eigenvalue weighted by Crippen LogP contribution is 2.19. The molecule has 2 aromatic carbocycles. The van der Waals surface area contributed by atoms with Crippen LogP contribution in [0.3, 0.4) is 0 Å². The molecule has 0 spiro atoms. The zero-order chi connectivity index (χ0) is 29.9. The number of fused-ring (bicyclic) bond motifs is 1. The Balaban J connectivity index is 1.17. The lowest BCUT2D eigenvalue weighted by molar-refractivity contribution is 0.241. The molecule has 224 valence electrons. The van der Waals surface area contributed by atoms with Gasteiger partial charge >= 0.3 is 0 Å². The summed E-state index contributed by atoms with van der Waals surface area (Å²) in [5, 5.41) is 14.8. The molecule has 0 unspecified atom stereocenters. The number of pyridine rings is 2. The zero-order valence-electron chi connectivity index (χ0n) is 25.2. The first-order valence-electron chi connectivity index (χ1n) is 15.0. The maximum atomic E-state index is 10.0. The standard InChI is InChI=1S/C35H43N7O/c1-40(34-11-5-7-17-36-34)19-21-42(22-20-41(2)35-12-6-8-18-37-35)26-29-15-13-28(14-16-29)24-38-31(27-43)23-30-25-39-33-10-4-3-9-32(30)33/h3-18,25,31,38-39,43H,19-24,26-27H2,1-2H3/t31-/m1/s1. The van der Waals surface area contributed by atoms with Crippen molar-refractivity contribution in [1.82, 2.24) is 25.2 Å². The van der Waals surface area contributed by atoms with Crippen LogP contribution in [0.25, 0.3) is 10.9 Å². The summed E-state index contributed by atoms with van der Waals surface area (Å²) in [7, 11) is 4.20.